The van der Waals surface area contributed by atoms with E-state index in [2.05, 4.69) is 35.1 Å². The molecule has 1 atom stereocenters. The van der Waals surface area contributed by atoms with Gasteiger partial charge in [-0.15, -0.1) is 0 Å². The zero-order valence-corrected chi connectivity index (χ0v) is 6.25. The SMILES string of the molecule is C1#CCC2CC=CC=C2N=C1. The molecular formula is C10H9N. The molecule has 0 radical (unpaired) electrons. The molecule has 0 aromatic heterocycles. The first-order valence-corrected chi connectivity index (χ1v) is 3.84. The van der Waals surface area contributed by atoms with Crippen molar-refractivity contribution < 1.29 is 0 Å². The van der Waals surface area contributed by atoms with Crippen molar-refractivity contribution in [1.29, 1.82) is 0 Å². The lowest BCUT2D eigenvalue weighted by Gasteiger charge is -2.13. The molecule has 0 amide bonds. The molecule has 2 aliphatic rings. The first-order valence-electron chi connectivity index (χ1n) is 3.84. The van der Waals surface area contributed by atoms with Crippen molar-refractivity contribution in [3.8, 4) is 11.8 Å². The Morgan fingerprint density at radius 1 is 1.55 bits per heavy atom. The average Bonchev–Trinajstić information content (AvgIpc) is 2.28. The molecule has 0 fully saturated rings. The molecule has 1 aliphatic carbocycles. The van der Waals surface area contributed by atoms with Gasteiger partial charge in [-0.3, -0.25) is 4.99 Å². The number of allylic oxidation sites excluding steroid dienone is 4. The lowest BCUT2D eigenvalue weighted by atomic mass is 9.94. The van der Waals surface area contributed by atoms with Gasteiger partial charge in [0.25, 0.3) is 0 Å². The Kier molecular flexibility index (Phi) is 1.61. The van der Waals surface area contributed by atoms with Crippen LogP contribution in [0.1, 0.15) is 12.8 Å². The van der Waals surface area contributed by atoms with Gasteiger partial charge in [-0.25, -0.2) is 0 Å². The smallest absolute Gasteiger partial charge is 0.0769 e. The van der Waals surface area contributed by atoms with E-state index >= 15 is 0 Å². The number of nitrogens with zero attached hydrogens (tertiary/aromatic N) is 1. The third-order valence-electron chi connectivity index (χ3n) is 1.97. The molecule has 1 aliphatic heterocycles. The summed E-state index contributed by atoms with van der Waals surface area (Å²) in [6.07, 6.45) is 10.1. The van der Waals surface area contributed by atoms with Crippen molar-refractivity contribution in [2.24, 2.45) is 10.9 Å². The normalized spacial score (nSPS) is 26.2. The maximum absolute atomic E-state index is 4.26. The zero-order chi connectivity index (χ0) is 7.52. The van der Waals surface area contributed by atoms with Gasteiger partial charge in [0.2, 0.25) is 0 Å². The summed E-state index contributed by atoms with van der Waals surface area (Å²) in [4.78, 5) is 4.26. The molecule has 0 bridgehead atoms. The molecule has 1 heterocycles. The summed E-state index contributed by atoms with van der Waals surface area (Å²) in [7, 11) is 0. The minimum Gasteiger partial charge on any atom is -0.252 e. The van der Waals surface area contributed by atoms with E-state index in [1.165, 1.54) is 5.70 Å². The van der Waals surface area contributed by atoms with Crippen LogP contribution >= 0.6 is 0 Å². The molecule has 1 nitrogen and oxygen atoms in total. The summed E-state index contributed by atoms with van der Waals surface area (Å²) in [5, 5.41) is 0. The van der Waals surface area contributed by atoms with Crippen LogP contribution in [0.25, 0.3) is 0 Å². The molecule has 54 valence electrons. The summed E-state index contributed by atoms with van der Waals surface area (Å²) in [5.74, 6) is 6.51. The predicted octanol–water partition coefficient (Wildman–Crippen LogP) is 1.92. The summed E-state index contributed by atoms with van der Waals surface area (Å²) < 4.78 is 0. The molecule has 0 saturated heterocycles. The highest BCUT2D eigenvalue weighted by Crippen LogP contribution is 2.24. The number of hydrogen-bond donors (Lipinski definition) is 0. The Labute approximate surface area is 66.5 Å². The van der Waals surface area contributed by atoms with Crippen LogP contribution in [-0.4, -0.2) is 6.21 Å². The van der Waals surface area contributed by atoms with Crippen molar-refractivity contribution in [1.82, 2.24) is 0 Å². The van der Waals surface area contributed by atoms with Crippen molar-refractivity contribution in [2.75, 3.05) is 0 Å². The van der Waals surface area contributed by atoms with Crippen LogP contribution in [0.3, 0.4) is 0 Å². The molecule has 0 saturated carbocycles. The van der Waals surface area contributed by atoms with Crippen LogP contribution in [0.4, 0.5) is 0 Å². The molecule has 1 heteroatoms. The first kappa shape index (κ1) is 6.42. The van der Waals surface area contributed by atoms with E-state index in [-0.39, 0.29) is 0 Å². The fraction of sp³-hybridized carbons (Fsp3) is 0.300. The summed E-state index contributed by atoms with van der Waals surface area (Å²) >= 11 is 0. The second-order valence-corrected chi connectivity index (χ2v) is 2.74. The third-order valence-corrected chi connectivity index (χ3v) is 1.97. The monoisotopic (exact) mass is 143 g/mol. The topological polar surface area (TPSA) is 12.4 Å². The van der Waals surface area contributed by atoms with Crippen molar-refractivity contribution in [2.45, 2.75) is 12.8 Å². The molecule has 0 spiro atoms. The van der Waals surface area contributed by atoms with Crippen LogP contribution in [-0.2, 0) is 0 Å². The van der Waals surface area contributed by atoms with Crippen LogP contribution in [0.5, 0.6) is 0 Å². The lowest BCUT2D eigenvalue weighted by Crippen LogP contribution is -2.02. The number of fused-ring (bicyclic) bond motifs is 1. The van der Waals surface area contributed by atoms with E-state index in [1.807, 2.05) is 0 Å². The average molecular weight is 143 g/mol. The molecule has 0 aromatic carbocycles. The van der Waals surface area contributed by atoms with Crippen molar-refractivity contribution >= 4 is 6.21 Å². The quantitative estimate of drug-likeness (QED) is 0.459. The van der Waals surface area contributed by atoms with Gasteiger partial charge in [0.05, 0.1) is 6.21 Å². The van der Waals surface area contributed by atoms with Gasteiger partial charge < -0.3 is 0 Å². The van der Waals surface area contributed by atoms with Crippen LogP contribution < -0.4 is 0 Å². The standard InChI is InChI=1S/C10H9N/c1-2-7-10-9(5-1)6-3-4-8-11-10/h1-2,7-9H,5-6H2. The minimum absolute atomic E-state index is 0.547. The van der Waals surface area contributed by atoms with Gasteiger partial charge in [0, 0.05) is 18.0 Å². The summed E-state index contributed by atoms with van der Waals surface area (Å²) in [6, 6.07) is 0. The lowest BCUT2D eigenvalue weighted by molar-refractivity contribution is 0.632. The second-order valence-electron chi connectivity index (χ2n) is 2.74. The van der Waals surface area contributed by atoms with E-state index in [1.54, 1.807) is 6.21 Å². The Hall–Kier alpha value is -1.29. The Balaban J connectivity index is 2.31. The van der Waals surface area contributed by atoms with E-state index in [0.717, 1.165) is 12.8 Å². The van der Waals surface area contributed by atoms with Crippen LogP contribution in [0, 0.1) is 17.8 Å². The fourth-order valence-electron chi connectivity index (χ4n) is 1.34. The summed E-state index contributed by atoms with van der Waals surface area (Å²) in [5.41, 5.74) is 1.17. The molecule has 1 unspecified atom stereocenters. The Bertz CT molecular complexity index is 297. The van der Waals surface area contributed by atoms with E-state index < -0.39 is 0 Å². The predicted molar refractivity (Wildman–Crippen MR) is 46.2 cm³/mol. The van der Waals surface area contributed by atoms with Gasteiger partial charge in [0.1, 0.15) is 0 Å². The van der Waals surface area contributed by atoms with Gasteiger partial charge in [-0.2, -0.15) is 0 Å². The largest absolute Gasteiger partial charge is 0.252 e. The van der Waals surface area contributed by atoms with Gasteiger partial charge in [-0.1, -0.05) is 24.0 Å². The minimum atomic E-state index is 0.547. The molecule has 0 aromatic rings. The van der Waals surface area contributed by atoms with E-state index in [0.29, 0.717) is 5.92 Å². The summed E-state index contributed by atoms with van der Waals surface area (Å²) in [6.45, 7) is 0. The van der Waals surface area contributed by atoms with Crippen LogP contribution in [0.15, 0.2) is 28.9 Å². The first-order chi connectivity index (χ1) is 5.47. The Morgan fingerprint density at radius 3 is 3.55 bits per heavy atom. The van der Waals surface area contributed by atoms with E-state index in [9.17, 15) is 0 Å². The molecule has 2 rings (SSSR count). The van der Waals surface area contributed by atoms with Gasteiger partial charge in [-0.05, 0) is 12.5 Å². The van der Waals surface area contributed by atoms with Gasteiger partial charge >= 0.3 is 0 Å². The Morgan fingerprint density at radius 2 is 2.55 bits per heavy atom. The highest BCUT2D eigenvalue weighted by atomic mass is 14.7. The van der Waals surface area contributed by atoms with Gasteiger partial charge in [0.15, 0.2) is 0 Å². The number of rotatable bonds is 0. The second kappa shape index (κ2) is 2.75. The van der Waals surface area contributed by atoms with Crippen LogP contribution in [0.2, 0.25) is 0 Å². The molecule has 0 N–H and O–H groups in total. The maximum Gasteiger partial charge on any atom is 0.0769 e. The zero-order valence-electron chi connectivity index (χ0n) is 6.25. The number of hydrogen-bond acceptors (Lipinski definition) is 1. The fourth-order valence-corrected chi connectivity index (χ4v) is 1.34. The van der Waals surface area contributed by atoms with Crippen molar-refractivity contribution in [3.05, 3.63) is 23.9 Å². The molecular weight excluding hydrogens is 134 g/mol. The molecule has 11 heavy (non-hydrogen) atoms. The maximum atomic E-state index is 4.26. The highest BCUT2D eigenvalue weighted by molar-refractivity contribution is 5.79. The van der Waals surface area contributed by atoms with E-state index in [4.69, 9.17) is 0 Å². The van der Waals surface area contributed by atoms with Crippen molar-refractivity contribution in [3.63, 3.8) is 0 Å². The number of aliphatic imine (C=N–C) groups is 1. The highest BCUT2D eigenvalue weighted by Gasteiger charge is 2.13. The third kappa shape index (κ3) is 1.25.